The minimum Gasteiger partial charge on any atom is -0.372 e. The van der Waals surface area contributed by atoms with Gasteiger partial charge in [0.25, 0.3) is 0 Å². The molecule has 1 aliphatic rings. The quantitative estimate of drug-likeness (QED) is 0.795. The van der Waals surface area contributed by atoms with Crippen LogP contribution in [0, 0.1) is 11.3 Å². The SMILES string of the molecule is CC1CCN(c2ccc(Nc3ccc(NC(=O)C(C)(C)C)cn3)cc2)CC1. The molecule has 0 atom stereocenters. The van der Waals surface area contributed by atoms with E-state index in [4.69, 9.17) is 0 Å². The highest BCUT2D eigenvalue weighted by atomic mass is 16.2. The average Bonchev–Trinajstić information content (AvgIpc) is 2.64. The molecule has 1 aromatic heterocycles. The van der Waals surface area contributed by atoms with Crippen LogP contribution in [0.1, 0.15) is 40.5 Å². The summed E-state index contributed by atoms with van der Waals surface area (Å²) in [4.78, 5) is 18.9. The lowest BCUT2D eigenvalue weighted by atomic mass is 9.96. The highest BCUT2D eigenvalue weighted by Crippen LogP contribution is 2.25. The monoisotopic (exact) mass is 366 g/mol. The number of piperidine rings is 1. The lowest BCUT2D eigenvalue weighted by molar-refractivity contribution is -0.123. The van der Waals surface area contributed by atoms with Gasteiger partial charge in [-0.05, 0) is 55.2 Å². The molecule has 0 saturated carbocycles. The molecule has 0 spiro atoms. The summed E-state index contributed by atoms with van der Waals surface area (Å²) in [5.74, 6) is 1.57. The second kappa shape index (κ2) is 7.99. The maximum absolute atomic E-state index is 12.0. The molecule has 5 nitrogen and oxygen atoms in total. The molecule has 1 saturated heterocycles. The number of anilines is 4. The van der Waals surface area contributed by atoms with E-state index in [9.17, 15) is 4.79 Å². The van der Waals surface area contributed by atoms with E-state index in [0.717, 1.165) is 30.5 Å². The first-order valence-corrected chi connectivity index (χ1v) is 9.71. The van der Waals surface area contributed by atoms with E-state index in [-0.39, 0.29) is 5.91 Å². The molecule has 1 fully saturated rings. The van der Waals surface area contributed by atoms with Crippen molar-refractivity contribution >= 4 is 28.8 Å². The number of carbonyl (C=O) groups excluding carboxylic acids is 1. The van der Waals surface area contributed by atoms with E-state index in [1.807, 2.05) is 32.9 Å². The van der Waals surface area contributed by atoms with Crippen molar-refractivity contribution in [2.45, 2.75) is 40.5 Å². The van der Waals surface area contributed by atoms with Crippen molar-refractivity contribution in [1.82, 2.24) is 4.98 Å². The van der Waals surface area contributed by atoms with Crippen molar-refractivity contribution in [2.75, 3.05) is 28.6 Å². The van der Waals surface area contributed by atoms with Crippen molar-refractivity contribution in [1.29, 1.82) is 0 Å². The Kier molecular flexibility index (Phi) is 5.68. The molecular weight excluding hydrogens is 336 g/mol. The molecule has 5 heteroatoms. The van der Waals surface area contributed by atoms with Gasteiger partial charge in [0.05, 0.1) is 11.9 Å². The van der Waals surface area contributed by atoms with Gasteiger partial charge in [-0.3, -0.25) is 4.79 Å². The molecule has 3 rings (SSSR count). The fourth-order valence-electron chi connectivity index (χ4n) is 3.03. The normalized spacial score (nSPS) is 15.5. The summed E-state index contributed by atoms with van der Waals surface area (Å²) < 4.78 is 0. The Morgan fingerprint density at radius 2 is 1.67 bits per heavy atom. The zero-order chi connectivity index (χ0) is 19.4. The molecule has 2 heterocycles. The lowest BCUT2D eigenvalue weighted by Gasteiger charge is -2.32. The van der Waals surface area contributed by atoms with E-state index in [0.29, 0.717) is 5.69 Å². The summed E-state index contributed by atoms with van der Waals surface area (Å²) >= 11 is 0. The van der Waals surface area contributed by atoms with Gasteiger partial charge < -0.3 is 15.5 Å². The first-order valence-electron chi connectivity index (χ1n) is 9.71. The van der Waals surface area contributed by atoms with Crippen molar-refractivity contribution in [2.24, 2.45) is 11.3 Å². The highest BCUT2D eigenvalue weighted by Gasteiger charge is 2.21. The van der Waals surface area contributed by atoms with Crippen LogP contribution in [0.15, 0.2) is 42.6 Å². The third-order valence-corrected chi connectivity index (χ3v) is 4.99. The summed E-state index contributed by atoms with van der Waals surface area (Å²) in [5.41, 5.74) is 2.56. The maximum atomic E-state index is 12.0. The van der Waals surface area contributed by atoms with Gasteiger partial charge in [-0.2, -0.15) is 0 Å². The van der Waals surface area contributed by atoms with Gasteiger partial charge in [0.15, 0.2) is 0 Å². The number of aromatic nitrogens is 1. The molecule has 1 aromatic carbocycles. The summed E-state index contributed by atoms with van der Waals surface area (Å²) in [5, 5.41) is 6.19. The molecule has 144 valence electrons. The van der Waals surface area contributed by atoms with Gasteiger partial charge >= 0.3 is 0 Å². The molecule has 0 unspecified atom stereocenters. The van der Waals surface area contributed by atoms with Crippen LogP contribution in [0.5, 0.6) is 0 Å². The third kappa shape index (κ3) is 5.22. The van der Waals surface area contributed by atoms with Gasteiger partial charge in [-0.15, -0.1) is 0 Å². The number of carbonyl (C=O) groups is 1. The molecule has 0 radical (unpaired) electrons. The molecule has 2 aromatic rings. The first kappa shape index (κ1) is 19.2. The summed E-state index contributed by atoms with van der Waals surface area (Å²) in [6.45, 7) is 10.3. The molecule has 0 bridgehead atoms. The molecule has 2 N–H and O–H groups in total. The van der Waals surface area contributed by atoms with Crippen LogP contribution >= 0.6 is 0 Å². The van der Waals surface area contributed by atoms with E-state index in [1.54, 1.807) is 6.20 Å². The van der Waals surface area contributed by atoms with Gasteiger partial charge in [-0.1, -0.05) is 27.7 Å². The summed E-state index contributed by atoms with van der Waals surface area (Å²) in [7, 11) is 0. The number of benzene rings is 1. The zero-order valence-electron chi connectivity index (χ0n) is 16.7. The Bertz CT molecular complexity index is 754. The van der Waals surface area contributed by atoms with Crippen LogP contribution < -0.4 is 15.5 Å². The minimum absolute atomic E-state index is 0.0206. The zero-order valence-corrected chi connectivity index (χ0v) is 16.7. The van der Waals surface area contributed by atoms with Crippen molar-refractivity contribution in [3.05, 3.63) is 42.6 Å². The van der Waals surface area contributed by atoms with Crippen molar-refractivity contribution < 1.29 is 4.79 Å². The predicted octanol–water partition coefficient (Wildman–Crippen LogP) is 5.05. The van der Waals surface area contributed by atoms with E-state index in [2.05, 4.69) is 51.7 Å². The molecule has 1 amide bonds. The minimum atomic E-state index is -0.426. The van der Waals surface area contributed by atoms with Gasteiger partial charge in [0.2, 0.25) is 5.91 Å². The van der Waals surface area contributed by atoms with E-state index in [1.165, 1.54) is 18.5 Å². The number of hydrogen-bond acceptors (Lipinski definition) is 4. The molecular formula is C22H30N4O. The van der Waals surface area contributed by atoms with Crippen molar-refractivity contribution in [3.63, 3.8) is 0 Å². The van der Waals surface area contributed by atoms with Crippen LogP contribution in [0.4, 0.5) is 22.9 Å². The smallest absolute Gasteiger partial charge is 0.229 e. The second-order valence-electron chi connectivity index (χ2n) is 8.48. The molecule has 27 heavy (non-hydrogen) atoms. The Morgan fingerprint density at radius 3 is 2.22 bits per heavy atom. The number of rotatable bonds is 4. The molecule has 1 aliphatic heterocycles. The molecule has 0 aliphatic carbocycles. The number of hydrogen-bond donors (Lipinski definition) is 2. The fourth-order valence-corrected chi connectivity index (χ4v) is 3.03. The van der Waals surface area contributed by atoms with Gasteiger partial charge in [0, 0.05) is 29.9 Å². The van der Waals surface area contributed by atoms with Crippen molar-refractivity contribution in [3.8, 4) is 0 Å². The average molecular weight is 367 g/mol. The summed E-state index contributed by atoms with van der Waals surface area (Å²) in [6, 6.07) is 12.2. The topological polar surface area (TPSA) is 57.3 Å². The fraction of sp³-hybridized carbons (Fsp3) is 0.455. The Hall–Kier alpha value is -2.56. The number of amides is 1. The lowest BCUT2D eigenvalue weighted by Crippen LogP contribution is -2.32. The van der Waals surface area contributed by atoms with E-state index < -0.39 is 5.41 Å². The number of nitrogens with one attached hydrogen (secondary N) is 2. The standard InChI is InChI=1S/C22H30N4O/c1-16-11-13-26(14-12-16)19-8-5-17(6-9-19)24-20-10-7-18(15-23-20)25-21(27)22(2,3)4/h5-10,15-16H,11-14H2,1-4H3,(H,23,24)(H,25,27). The van der Waals surface area contributed by atoms with Crippen LogP contribution in [0.25, 0.3) is 0 Å². The number of pyridine rings is 1. The first-order chi connectivity index (χ1) is 12.8. The third-order valence-electron chi connectivity index (χ3n) is 4.99. The highest BCUT2D eigenvalue weighted by molar-refractivity contribution is 5.94. The van der Waals surface area contributed by atoms with E-state index >= 15 is 0 Å². The summed E-state index contributed by atoms with van der Waals surface area (Å²) in [6.07, 6.45) is 4.21. The Balaban J connectivity index is 1.58. The van der Waals surface area contributed by atoms with Crippen LogP contribution in [-0.2, 0) is 4.79 Å². The van der Waals surface area contributed by atoms with Crippen LogP contribution in [-0.4, -0.2) is 24.0 Å². The maximum Gasteiger partial charge on any atom is 0.229 e. The van der Waals surface area contributed by atoms with Crippen LogP contribution in [0.2, 0.25) is 0 Å². The second-order valence-corrected chi connectivity index (χ2v) is 8.48. The number of nitrogens with zero attached hydrogens (tertiary/aromatic N) is 2. The van der Waals surface area contributed by atoms with Crippen LogP contribution in [0.3, 0.4) is 0 Å². The van der Waals surface area contributed by atoms with Gasteiger partial charge in [0.1, 0.15) is 5.82 Å². The Labute approximate surface area is 162 Å². The predicted molar refractivity (Wildman–Crippen MR) is 113 cm³/mol. The largest absolute Gasteiger partial charge is 0.372 e. The van der Waals surface area contributed by atoms with Gasteiger partial charge in [-0.25, -0.2) is 4.98 Å². The Morgan fingerprint density at radius 1 is 1.04 bits per heavy atom.